The molecule has 0 aliphatic carbocycles. The van der Waals surface area contributed by atoms with Gasteiger partial charge in [0.15, 0.2) is 0 Å². The highest BCUT2D eigenvalue weighted by molar-refractivity contribution is 5.92. The van der Waals surface area contributed by atoms with Crippen LogP contribution in [0.2, 0.25) is 0 Å². The van der Waals surface area contributed by atoms with Gasteiger partial charge in [0.2, 0.25) is 17.7 Å². The van der Waals surface area contributed by atoms with E-state index in [1.165, 1.54) is 10.5 Å². The molecule has 2 atom stereocenters. The van der Waals surface area contributed by atoms with Gasteiger partial charge in [-0.1, -0.05) is 51.7 Å². The maximum Gasteiger partial charge on any atom is 0.305 e. The summed E-state index contributed by atoms with van der Waals surface area (Å²) in [4.78, 5) is 49.9. The number of amides is 3. The van der Waals surface area contributed by atoms with E-state index in [9.17, 15) is 19.2 Å². The maximum atomic E-state index is 13.0. The summed E-state index contributed by atoms with van der Waals surface area (Å²) in [6, 6.07) is 6.67. The third kappa shape index (κ3) is 13.7. The first-order valence-corrected chi connectivity index (χ1v) is 14.5. The largest absolute Gasteiger partial charge is 0.466 e. The number of primary amides is 1. The van der Waals surface area contributed by atoms with Crippen molar-refractivity contribution < 1.29 is 28.7 Å². The molecule has 0 aromatic heterocycles. The normalized spacial score (nSPS) is 15.2. The Labute approximate surface area is 245 Å². The van der Waals surface area contributed by atoms with Crippen LogP contribution in [-0.4, -0.2) is 67.5 Å². The van der Waals surface area contributed by atoms with Crippen LogP contribution in [0.4, 0.5) is 0 Å². The van der Waals surface area contributed by atoms with Crippen molar-refractivity contribution in [2.75, 3.05) is 26.9 Å². The topological polar surface area (TPSA) is 128 Å². The standard InChI is InChI=1S/C21H37N3O5.C11H12O/c1-5-29-17(26)13-9-7-6-8-12-16(25)23-18(21(2,3)4)20(28)24-14-10-11-15(24)19(22)27;1-3-10-4-6-11(7-5-10)8-9-12-2/h15,18H,5-14H2,1-4H3,(H2,22,27)(H,23,25);1,4-7H,8-9H2,2H3. The summed E-state index contributed by atoms with van der Waals surface area (Å²) in [5.41, 5.74) is 7.13. The van der Waals surface area contributed by atoms with E-state index >= 15 is 0 Å². The second kappa shape index (κ2) is 18.9. The number of likely N-dealkylation sites (tertiary alicyclic amines) is 1. The molecule has 1 aromatic carbocycles. The zero-order valence-corrected chi connectivity index (χ0v) is 25.5. The Kier molecular flexibility index (Phi) is 16.4. The van der Waals surface area contributed by atoms with Gasteiger partial charge in [0.05, 0.1) is 13.2 Å². The highest BCUT2D eigenvalue weighted by atomic mass is 16.5. The first-order valence-electron chi connectivity index (χ1n) is 14.5. The average molecular weight is 572 g/mol. The van der Waals surface area contributed by atoms with Crippen LogP contribution < -0.4 is 11.1 Å². The fraction of sp³-hybridized carbons (Fsp3) is 0.625. The molecule has 228 valence electrons. The Bertz CT molecular complexity index is 1010. The molecule has 9 heteroatoms. The van der Waals surface area contributed by atoms with E-state index in [-0.39, 0.29) is 17.8 Å². The van der Waals surface area contributed by atoms with Gasteiger partial charge >= 0.3 is 5.97 Å². The van der Waals surface area contributed by atoms with E-state index in [1.54, 1.807) is 14.0 Å². The number of esters is 1. The molecule has 0 radical (unpaired) electrons. The molecule has 1 saturated heterocycles. The van der Waals surface area contributed by atoms with Crippen molar-refractivity contribution in [3.63, 3.8) is 0 Å². The predicted molar refractivity (Wildman–Crippen MR) is 160 cm³/mol. The lowest BCUT2D eigenvalue weighted by Gasteiger charge is -2.35. The SMILES string of the molecule is C#Cc1ccc(CCOC)cc1.CCOC(=O)CCCCCCC(=O)NC(C(=O)N1CCCC1C(N)=O)C(C)(C)C. The molecule has 1 aliphatic heterocycles. The van der Waals surface area contributed by atoms with Crippen LogP contribution in [0.1, 0.15) is 90.2 Å². The summed E-state index contributed by atoms with van der Waals surface area (Å²) in [6.45, 7) is 9.08. The van der Waals surface area contributed by atoms with Gasteiger partial charge in [0.25, 0.3) is 0 Å². The number of methoxy groups -OCH3 is 1. The number of unbranched alkanes of at least 4 members (excludes halogenated alkanes) is 3. The third-order valence-electron chi connectivity index (χ3n) is 6.84. The van der Waals surface area contributed by atoms with Gasteiger partial charge in [0.1, 0.15) is 12.1 Å². The van der Waals surface area contributed by atoms with Crippen molar-refractivity contribution >= 4 is 23.7 Å². The van der Waals surface area contributed by atoms with E-state index < -0.39 is 23.4 Å². The van der Waals surface area contributed by atoms with E-state index in [1.807, 2.05) is 45.0 Å². The summed E-state index contributed by atoms with van der Waals surface area (Å²) in [5, 5.41) is 2.86. The highest BCUT2D eigenvalue weighted by Gasteiger charge is 2.41. The monoisotopic (exact) mass is 571 g/mol. The minimum atomic E-state index is -0.709. The maximum absolute atomic E-state index is 13.0. The molecule has 3 amide bonds. The second-order valence-electron chi connectivity index (χ2n) is 11.3. The number of hydrogen-bond acceptors (Lipinski definition) is 6. The van der Waals surface area contributed by atoms with Crippen molar-refractivity contribution in [2.45, 2.75) is 97.6 Å². The average Bonchev–Trinajstić information content (AvgIpc) is 3.43. The van der Waals surface area contributed by atoms with E-state index in [4.69, 9.17) is 21.6 Å². The lowest BCUT2D eigenvalue weighted by atomic mass is 9.85. The fourth-order valence-electron chi connectivity index (χ4n) is 4.50. The van der Waals surface area contributed by atoms with Gasteiger partial charge in [-0.15, -0.1) is 6.42 Å². The number of carbonyl (C=O) groups is 4. The molecule has 0 bridgehead atoms. The number of nitrogens with one attached hydrogen (secondary N) is 1. The molecule has 2 rings (SSSR count). The van der Waals surface area contributed by atoms with Crippen LogP contribution in [0.3, 0.4) is 0 Å². The van der Waals surface area contributed by atoms with Gasteiger partial charge in [-0.25, -0.2) is 0 Å². The minimum Gasteiger partial charge on any atom is -0.466 e. The Hall–Kier alpha value is -3.38. The lowest BCUT2D eigenvalue weighted by Crippen LogP contribution is -2.57. The number of rotatable bonds is 14. The van der Waals surface area contributed by atoms with Crippen molar-refractivity contribution in [2.24, 2.45) is 11.1 Å². The number of nitrogens with two attached hydrogens (primary N) is 1. The Morgan fingerprint density at radius 2 is 1.73 bits per heavy atom. The molecule has 1 aliphatic rings. The summed E-state index contributed by atoms with van der Waals surface area (Å²) in [7, 11) is 1.70. The molecule has 9 nitrogen and oxygen atoms in total. The first-order chi connectivity index (χ1) is 19.4. The van der Waals surface area contributed by atoms with Gasteiger partial charge in [-0.3, -0.25) is 19.2 Å². The van der Waals surface area contributed by atoms with E-state index in [0.717, 1.165) is 44.3 Å². The quantitative estimate of drug-likeness (QED) is 0.199. The minimum absolute atomic E-state index is 0.182. The second-order valence-corrected chi connectivity index (χ2v) is 11.3. The molecule has 0 spiro atoms. The molecule has 3 N–H and O–H groups in total. The lowest BCUT2D eigenvalue weighted by molar-refractivity contribution is -0.143. The Morgan fingerprint density at radius 1 is 1.10 bits per heavy atom. The van der Waals surface area contributed by atoms with Crippen molar-refractivity contribution in [1.82, 2.24) is 10.2 Å². The van der Waals surface area contributed by atoms with Crippen LogP contribution in [-0.2, 0) is 35.1 Å². The predicted octanol–water partition coefficient (Wildman–Crippen LogP) is 3.75. The molecule has 2 unspecified atom stereocenters. The molecular weight excluding hydrogens is 522 g/mol. The molecular formula is C32H49N3O6. The summed E-state index contributed by atoms with van der Waals surface area (Å²) < 4.78 is 9.84. The molecule has 41 heavy (non-hydrogen) atoms. The third-order valence-corrected chi connectivity index (χ3v) is 6.84. The number of hydrogen-bond donors (Lipinski definition) is 2. The number of benzene rings is 1. The molecule has 1 fully saturated rings. The Morgan fingerprint density at radius 3 is 2.27 bits per heavy atom. The number of nitrogens with zero attached hydrogens (tertiary/aromatic N) is 1. The first kappa shape index (κ1) is 35.6. The summed E-state index contributed by atoms with van der Waals surface area (Å²) >= 11 is 0. The Balaban J connectivity index is 0.000000580. The van der Waals surface area contributed by atoms with Crippen LogP contribution in [0.25, 0.3) is 0 Å². The fourth-order valence-corrected chi connectivity index (χ4v) is 4.50. The van der Waals surface area contributed by atoms with Crippen molar-refractivity contribution in [3.8, 4) is 12.3 Å². The smallest absolute Gasteiger partial charge is 0.305 e. The number of ether oxygens (including phenoxy) is 2. The van der Waals surface area contributed by atoms with Crippen LogP contribution in [0.5, 0.6) is 0 Å². The number of carbonyl (C=O) groups excluding carboxylic acids is 4. The van der Waals surface area contributed by atoms with Gasteiger partial charge < -0.3 is 25.4 Å². The van der Waals surface area contributed by atoms with Gasteiger partial charge in [0, 0.05) is 32.1 Å². The van der Waals surface area contributed by atoms with Crippen LogP contribution >= 0.6 is 0 Å². The summed E-state index contributed by atoms with van der Waals surface area (Å²) in [6.07, 6.45) is 11.3. The van der Waals surface area contributed by atoms with Crippen LogP contribution in [0, 0.1) is 17.8 Å². The highest BCUT2D eigenvalue weighted by Crippen LogP contribution is 2.26. The summed E-state index contributed by atoms with van der Waals surface area (Å²) in [5.74, 6) is 1.46. The van der Waals surface area contributed by atoms with Gasteiger partial charge in [-0.05, 0) is 62.1 Å². The zero-order chi connectivity index (χ0) is 30.8. The number of terminal acetylenes is 1. The van der Waals surface area contributed by atoms with E-state index in [0.29, 0.717) is 38.8 Å². The molecule has 1 aromatic rings. The van der Waals surface area contributed by atoms with Crippen LogP contribution in [0.15, 0.2) is 24.3 Å². The van der Waals surface area contributed by atoms with E-state index in [2.05, 4.69) is 11.2 Å². The zero-order valence-electron chi connectivity index (χ0n) is 25.5. The molecule has 0 saturated carbocycles. The van der Waals surface area contributed by atoms with Crippen molar-refractivity contribution in [1.29, 1.82) is 0 Å². The van der Waals surface area contributed by atoms with Gasteiger partial charge in [-0.2, -0.15) is 0 Å². The van der Waals surface area contributed by atoms with Crippen molar-refractivity contribution in [3.05, 3.63) is 35.4 Å². The molecule has 1 heterocycles.